The Kier molecular flexibility index (Phi) is 4.53. The summed E-state index contributed by atoms with van der Waals surface area (Å²) in [5.74, 6) is -0.157. The van der Waals surface area contributed by atoms with Crippen molar-refractivity contribution in [1.82, 2.24) is 15.1 Å². The van der Waals surface area contributed by atoms with Crippen LogP contribution in [0.3, 0.4) is 0 Å². The van der Waals surface area contributed by atoms with E-state index in [1.165, 1.54) is 5.56 Å². The molecule has 4 rings (SSSR count). The first-order chi connectivity index (χ1) is 12.6. The van der Waals surface area contributed by atoms with Crippen molar-refractivity contribution >= 4 is 17.7 Å². The molecule has 26 heavy (non-hydrogen) atoms. The van der Waals surface area contributed by atoms with Crippen LogP contribution in [0, 0.1) is 0 Å². The van der Waals surface area contributed by atoms with Gasteiger partial charge in [-0.1, -0.05) is 19.1 Å². The molecule has 3 aliphatic rings. The zero-order valence-electron chi connectivity index (χ0n) is 15.2. The highest BCUT2D eigenvalue weighted by Crippen LogP contribution is 2.33. The number of carbonyl (C=O) groups excluding carboxylic acids is 3. The van der Waals surface area contributed by atoms with Gasteiger partial charge in [0.15, 0.2) is 0 Å². The third-order valence-corrected chi connectivity index (χ3v) is 6.05. The Morgan fingerprint density at radius 1 is 1.12 bits per heavy atom. The van der Waals surface area contributed by atoms with Crippen molar-refractivity contribution in [3.63, 3.8) is 0 Å². The van der Waals surface area contributed by atoms with Crippen LogP contribution in [0.1, 0.15) is 60.0 Å². The minimum Gasteiger partial charge on any atom is -0.322 e. The van der Waals surface area contributed by atoms with Gasteiger partial charge in [-0.2, -0.15) is 0 Å². The van der Waals surface area contributed by atoms with Gasteiger partial charge in [-0.15, -0.1) is 0 Å². The fourth-order valence-corrected chi connectivity index (χ4v) is 4.43. The van der Waals surface area contributed by atoms with Crippen LogP contribution in [0.4, 0.5) is 0 Å². The predicted molar refractivity (Wildman–Crippen MR) is 96.6 cm³/mol. The minimum atomic E-state index is -0.538. The van der Waals surface area contributed by atoms with E-state index in [0.29, 0.717) is 24.4 Å². The topological polar surface area (TPSA) is 69.7 Å². The maximum absolute atomic E-state index is 12.7. The third kappa shape index (κ3) is 3.03. The molecule has 3 amide bonds. The van der Waals surface area contributed by atoms with Crippen LogP contribution in [0.2, 0.25) is 0 Å². The van der Waals surface area contributed by atoms with Crippen molar-refractivity contribution in [2.24, 2.45) is 0 Å². The second-order valence-corrected chi connectivity index (χ2v) is 7.53. The molecule has 3 heterocycles. The zero-order valence-corrected chi connectivity index (χ0v) is 15.2. The molecule has 3 aliphatic heterocycles. The highest BCUT2D eigenvalue weighted by Gasteiger charge is 2.39. The Morgan fingerprint density at radius 3 is 2.58 bits per heavy atom. The van der Waals surface area contributed by atoms with E-state index in [4.69, 9.17) is 0 Å². The lowest BCUT2D eigenvalue weighted by Gasteiger charge is -2.31. The quantitative estimate of drug-likeness (QED) is 0.837. The Balaban J connectivity index is 1.50. The van der Waals surface area contributed by atoms with Gasteiger partial charge >= 0.3 is 0 Å². The molecule has 1 N–H and O–H groups in total. The van der Waals surface area contributed by atoms with Crippen LogP contribution in [-0.2, 0) is 16.1 Å². The number of nitrogens with zero attached hydrogens (tertiary/aromatic N) is 2. The van der Waals surface area contributed by atoms with Gasteiger partial charge in [0.1, 0.15) is 6.04 Å². The highest BCUT2D eigenvalue weighted by atomic mass is 16.2. The summed E-state index contributed by atoms with van der Waals surface area (Å²) in [5, 5.41) is 2.35. The van der Waals surface area contributed by atoms with Gasteiger partial charge in [0.2, 0.25) is 11.8 Å². The second kappa shape index (κ2) is 6.83. The Hall–Kier alpha value is -2.21. The summed E-state index contributed by atoms with van der Waals surface area (Å²) in [6.45, 7) is 6.01. The molecule has 0 aromatic heterocycles. The van der Waals surface area contributed by atoms with Gasteiger partial charge < -0.3 is 9.80 Å². The van der Waals surface area contributed by atoms with Gasteiger partial charge in [0, 0.05) is 18.5 Å². The Labute approximate surface area is 153 Å². The van der Waals surface area contributed by atoms with Crippen molar-refractivity contribution in [3.8, 4) is 0 Å². The highest BCUT2D eigenvalue weighted by molar-refractivity contribution is 6.05. The Morgan fingerprint density at radius 2 is 1.88 bits per heavy atom. The lowest BCUT2D eigenvalue weighted by Crippen LogP contribution is -2.52. The number of nitrogens with one attached hydrogen (secondary N) is 1. The van der Waals surface area contributed by atoms with Gasteiger partial charge in [-0.25, -0.2) is 0 Å². The number of amides is 3. The van der Waals surface area contributed by atoms with Crippen molar-refractivity contribution in [2.45, 2.75) is 51.1 Å². The number of imide groups is 1. The fraction of sp³-hybridized carbons (Fsp3) is 0.550. The number of benzene rings is 1. The molecule has 0 aliphatic carbocycles. The van der Waals surface area contributed by atoms with Crippen molar-refractivity contribution < 1.29 is 14.4 Å². The summed E-state index contributed by atoms with van der Waals surface area (Å²) in [5.41, 5.74) is 3.01. The molecule has 0 spiro atoms. The molecule has 0 saturated carbocycles. The standard InChI is InChI=1S/C20H25N3O3/c1-2-22-9-7-13(8-10-22)14-3-4-16-15(11-14)12-23(20(16)26)17-5-6-18(24)21-19(17)25/h3-4,11,13,17H,2,5-10,12H2,1H3,(H,21,24,25). The number of piperidine rings is 2. The van der Waals surface area contributed by atoms with Gasteiger partial charge in [0.25, 0.3) is 5.91 Å². The van der Waals surface area contributed by atoms with Gasteiger partial charge in [-0.05, 0) is 62.0 Å². The molecule has 2 fully saturated rings. The molecule has 2 saturated heterocycles. The number of rotatable bonds is 3. The normalized spacial score (nSPS) is 24.7. The largest absolute Gasteiger partial charge is 0.322 e. The number of likely N-dealkylation sites (tertiary alicyclic amines) is 1. The molecule has 0 radical (unpaired) electrons. The lowest BCUT2D eigenvalue weighted by atomic mass is 9.88. The van der Waals surface area contributed by atoms with Crippen LogP contribution < -0.4 is 5.32 Å². The van der Waals surface area contributed by atoms with Gasteiger partial charge in [-0.3, -0.25) is 19.7 Å². The van der Waals surface area contributed by atoms with E-state index < -0.39 is 6.04 Å². The van der Waals surface area contributed by atoms with Crippen molar-refractivity contribution in [2.75, 3.05) is 19.6 Å². The fourth-order valence-electron chi connectivity index (χ4n) is 4.43. The second-order valence-electron chi connectivity index (χ2n) is 7.53. The van der Waals surface area contributed by atoms with Crippen LogP contribution in [0.15, 0.2) is 18.2 Å². The molecule has 0 bridgehead atoms. The number of hydrogen-bond donors (Lipinski definition) is 1. The summed E-state index contributed by atoms with van der Waals surface area (Å²) >= 11 is 0. The molecule has 1 aromatic carbocycles. The average molecular weight is 355 g/mol. The van der Waals surface area contributed by atoms with E-state index in [2.05, 4.69) is 29.3 Å². The lowest BCUT2D eigenvalue weighted by molar-refractivity contribution is -0.136. The van der Waals surface area contributed by atoms with Crippen LogP contribution in [0.5, 0.6) is 0 Å². The first kappa shape index (κ1) is 17.2. The van der Waals surface area contributed by atoms with E-state index in [9.17, 15) is 14.4 Å². The first-order valence-electron chi connectivity index (χ1n) is 9.56. The smallest absolute Gasteiger partial charge is 0.255 e. The number of carbonyl (C=O) groups is 3. The maximum Gasteiger partial charge on any atom is 0.255 e. The number of fused-ring (bicyclic) bond motifs is 1. The molecule has 1 aromatic rings. The molecule has 6 nitrogen and oxygen atoms in total. The minimum absolute atomic E-state index is 0.0955. The molecular formula is C20H25N3O3. The van der Waals surface area contributed by atoms with Crippen LogP contribution in [-0.4, -0.2) is 53.2 Å². The van der Waals surface area contributed by atoms with E-state index in [1.54, 1.807) is 4.90 Å². The van der Waals surface area contributed by atoms with E-state index >= 15 is 0 Å². The molecule has 138 valence electrons. The summed E-state index contributed by atoms with van der Waals surface area (Å²) < 4.78 is 0. The van der Waals surface area contributed by atoms with E-state index in [0.717, 1.165) is 38.0 Å². The molecule has 6 heteroatoms. The SMILES string of the molecule is CCN1CCC(c2ccc3c(c2)CN(C2CCC(=O)NC2=O)C3=O)CC1. The van der Waals surface area contributed by atoms with E-state index in [-0.39, 0.29) is 24.1 Å². The molecule has 1 unspecified atom stereocenters. The zero-order chi connectivity index (χ0) is 18.3. The maximum atomic E-state index is 12.7. The summed E-state index contributed by atoms with van der Waals surface area (Å²) in [6, 6.07) is 5.62. The summed E-state index contributed by atoms with van der Waals surface area (Å²) in [4.78, 5) is 40.3. The summed E-state index contributed by atoms with van der Waals surface area (Å²) in [7, 11) is 0. The van der Waals surface area contributed by atoms with Crippen molar-refractivity contribution in [3.05, 3.63) is 34.9 Å². The number of hydrogen-bond acceptors (Lipinski definition) is 4. The predicted octanol–water partition coefficient (Wildman–Crippen LogP) is 1.65. The molecule has 1 atom stereocenters. The van der Waals surface area contributed by atoms with Crippen LogP contribution >= 0.6 is 0 Å². The van der Waals surface area contributed by atoms with Gasteiger partial charge in [0.05, 0.1) is 0 Å². The summed E-state index contributed by atoms with van der Waals surface area (Å²) in [6.07, 6.45) is 3.00. The average Bonchev–Trinajstić information content (AvgIpc) is 2.98. The Bertz CT molecular complexity index is 753. The van der Waals surface area contributed by atoms with E-state index in [1.807, 2.05) is 6.07 Å². The monoisotopic (exact) mass is 355 g/mol. The molecular weight excluding hydrogens is 330 g/mol. The van der Waals surface area contributed by atoms with Crippen LogP contribution in [0.25, 0.3) is 0 Å². The first-order valence-corrected chi connectivity index (χ1v) is 9.56. The van der Waals surface area contributed by atoms with Crippen molar-refractivity contribution in [1.29, 1.82) is 0 Å². The third-order valence-electron chi connectivity index (χ3n) is 6.05.